The van der Waals surface area contributed by atoms with Gasteiger partial charge in [-0.15, -0.1) is 0 Å². The van der Waals surface area contributed by atoms with Crippen molar-refractivity contribution in [3.63, 3.8) is 0 Å². The van der Waals surface area contributed by atoms with Crippen molar-refractivity contribution < 1.29 is 9.21 Å². The van der Waals surface area contributed by atoms with Crippen molar-refractivity contribution >= 4 is 11.6 Å². The van der Waals surface area contributed by atoms with Crippen molar-refractivity contribution in [1.29, 1.82) is 0 Å². The Morgan fingerprint density at radius 2 is 1.80 bits per heavy atom. The van der Waals surface area contributed by atoms with E-state index in [4.69, 9.17) is 4.42 Å². The van der Waals surface area contributed by atoms with Gasteiger partial charge in [0.05, 0.1) is 6.20 Å². The molecule has 25 heavy (non-hydrogen) atoms. The fraction of sp³-hybridized carbons (Fsp3) is 0.238. The van der Waals surface area contributed by atoms with E-state index in [1.807, 2.05) is 56.3 Å². The summed E-state index contributed by atoms with van der Waals surface area (Å²) >= 11 is 0. The van der Waals surface area contributed by atoms with Crippen LogP contribution in [-0.2, 0) is 11.2 Å². The summed E-state index contributed by atoms with van der Waals surface area (Å²) in [5.41, 5.74) is 5.38. The van der Waals surface area contributed by atoms with E-state index in [0.717, 1.165) is 22.6 Å². The molecule has 0 unspecified atom stereocenters. The van der Waals surface area contributed by atoms with E-state index in [1.165, 1.54) is 11.1 Å². The number of benzene rings is 2. The number of hydrogen-bond acceptors (Lipinski definition) is 3. The summed E-state index contributed by atoms with van der Waals surface area (Å²) in [6.07, 6.45) is 2.52. The van der Waals surface area contributed by atoms with Gasteiger partial charge in [-0.3, -0.25) is 4.79 Å². The molecule has 0 radical (unpaired) electrons. The largest absolute Gasteiger partial charge is 0.441 e. The molecule has 1 amide bonds. The lowest BCUT2D eigenvalue weighted by Crippen LogP contribution is -2.12. The first kappa shape index (κ1) is 17.0. The average molecular weight is 334 g/mol. The van der Waals surface area contributed by atoms with Crippen LogP contribution in [0.25, 0.3) is 11.3 Å². The third-order valence-corrected chi connectivity index (χ3v) is 4.25. The molecule has 1 aromatic heterocycles. The van der Waals surface area contributed by atoms with E-state index < -0.39 is 0 Å². The van der Waals surface area contributed by atoms with Gasteiger partial charge in [-0.2, -0.15) is 0 Å². The maximum Gasteiger partial charge on any atom is 0.224 e. The Morgan fingerprint density at radius 1 is 1.04 bits per heavy atom. The number of anilines is 1. The quantitative estimate of drug-likeness (QED) is 0.726. The lowest BCUT2D eigenvalue weighted by molar-refractivity contribution is -0.116. The summed E-state index contributed by atoms with van der Waals surface area (Å²) in [4.78, 5) is 16.4. The van der Waals surface area contributed by atoms with Crippen molar-refractivity contribution in [2.45, 2.75) is 33.6 Å². The Kier molecular flexibility index (Phi) is 4.98. The minimum atomic E-state index is -0.0432. The highest BCUT2D eigenvalue weighted by atomic mass is 16.4. The zero-order valence-corrected chi connectivity index (χ0v) is 14.8. The average Bonchev–Trinajstić information content (AvgIpc) is 3.06. The number of rotatable bonds is 5. The van der Waals surface area contributed by atoms with Crippen LogP contribution in [0.5, 0.6) is 0 Å². The Hall–Kier alpha value is -2.88. The molecule has 0 atom stereocenters. The maximum absolute atomic E-state index is 12.1. The predicted octanol–water partition coefficient (Wildman–Crippen LogP) is 4.84. The molecule has 0 fully saturated rings. The second kappa shape index (κ2) is 7.34. The SMILES string of the molecule is Cc1ccc(-c2cnc(CCC(=O)Nc3ccc(C)c(C)c3)o2)cc1. The molecule has 0 spiro atoms. The third-order valence-electron chi connectivity index (χ3n) is 4.25. The Labute approximate surface area is 147 Å². The molecule has 0 bridgehead atoms. The predicted molar refractivity (Wildman–Crippen MR) is 99.5 cm³/mol. The second-order valence-electron chi connectivity index (χ2n) is 6.33. The van der Waals surface area contributed by atoms with E-state index >= 15 is 0 Å². The van der Waals surface area contributed by atoms with Crippen molar-refractivity contribution in [3.05, 3.63) is 71.2 Å². The fourth-order valence-corrected chi connectivity index (χ4v) is 2.54. The Bertz CT molecular complexity index is 879. The number of aryl methyl sites for hydroxylation is 4. The summed E-state index contributed by atoms with van der Waals surface area (Å²) in [6.45, 7) is 6.13. The van der Waals surface area contributed by atoms with Crippen LogP contribution in [0.3, 0.4) is 0 Å². The molecular formula is C21H22N2O2. The smallest absolute Gasteiger partial charge is 0.224 e. The summed E-state index contributed by atoms with van der Waals surface area (Å²) in [7, 11) is 0. The van der Waals surface area contributed by atoms with Gasteiger partial charge in [0.1, 0.15) is 0 Å². The molecule has 1 heterocycles. The highest BCUT2D eigenvalue weighted by Crippen LogP contribution is 2.21. The number of amides is 1. The summed E-state index contributed by atoms with van der Waals surface area (Å²) in [5.74, 6) is 1.26. The van der Waals surface area contributed by atoms with Gasteiger partial charge in [-0.1, -0.05) is 35.9 Å². The topological polar surface area (TPSA) is 55.1 Å². The fourth-order valence-electron chi connectivity index (χ4n) is 2.54. The van der Waals surface area contributed by atoms with Crippen LogP contribution in [0, 0.1) is 20.8 Å². The minimum absolute atomic E-state index is 0.0432. The minimum Gasteiger partial charge on any atom is -0.441 e. The van der Waals surface area contributed by atoms with Gasteiger partial charge >= 0.3 is 0 Å². The molecule has 4 nitrogen and oxygen atoms in total. The first-order chi connectivity index (χ1) is 12.0. The van der Waals surface area contributed by atoms with E-state index in [-0.39, 0.29) is 5.91 Å². The molecule has 4 heteroatoms. The second-order valence-corrected chi connectivity index (χ2v) is 6.33. The zero-order valence-electron chi connectivity index (χ0n) is 14.8. The molecule has 0 aliphatic rings. The highest BCUT2D eigenvalue weighted by molar-refractivity contribution is 5.90. The summed E-state index contributed by atoms with van der Waals surface area (Å²) < 4.78 is 5.75. The van der Waals surface area contributed by atoms with Crippen LogP contribution in [0.4, 0.5) is 5.69 Å². The number of hydrogen-bond donors (Lipinski definition) is 1. The van der Waals surface area contributed by atoms with Gasteiger partial charge in [0.2, 0.25) is 5.91 Å². The number of carbonyl (C=O) groups excluding carboxylic acids is 1. The molecule has 2 aromatic carbocycles. The van der Waals surface area contributed by atoms with Crippen LogP contribution in [0.1, 0.15) is 29.0 Å². The molecule has 0 aliphatic carbocycles. The van der Waals surface area contributed by atoms with Gasteiger partial charge in [0.25, 0.3) is 0 Å². The van der Waals surface area contributed by atoms with Crippen molar-refractivity contribution in [3.8, 4) is 11.3 Å². The van der Waals surface area contributed by atoms with Crippen LogP contribution in [-0.4, -0.2) is 10.9 Å². The van der Waals surface area contributed by atoms with Crippen LogP contribution in [0.2, 0.25) is 0 Å². The van der Waals surface area contributed by atoms with Crippen molar-refractivity contribution in [1.82, 2.24) is 4.98 Å². The van der Waals surface area contributed by atoms with Gasteiger partial charge in [-0.25, -0.2) is 4.98 Å². The number of nitrogens with one attached hydrogen (secondary N) is 1. The molecule has 3 aromatic rings. The molecule has 0 saturated heterocycles. The van der Waals surface area contributed by atoms with Gasteiger partial charge in [0.15, 0.2) is 11.7 Å². The summed E-state index contributed by atoms with van der Waals surface area (Å²) in [6, 6.07) is 14.0. The molecule has 0 saturated carbocycles. The number of oxazole rings is 1. The van der Waals surface area contributed by atoms with Gasteiger partial charge in [0, 0.05) is 24.1 Å². The lowest BCUT2D eigenvalue weighted by Gasteiger charge is -2.07. The molecule has 3 rings (SSSR count). The molecule has 0 aliphatic heterocycles. The number of carbonyl (C=O) groups is 1. The lowest BCUT2D eigenvalue weighted by atomic mass is 10.1. The first-order valence-corrected chi connectivity index (χ1v) is 8.40. The molecule has 1 N–H and O–H groups in total. The van der Waals surface area contributed by atoms with E-state index in [2.05, 4.69) is 17.2 Å². The maximum atomic E-state index is 12.1. The van der Waals surface area contributed by atoms with E-state index in [1.54, 1.807) is 6.20 Å². The number of aromatic nitrogens is 1. The monoisotopic (exact) mass is 334 g/mol. The first-order valence-electron chi connectivity index (χ1n) is 8.40. The summed E-state index contributed by atoms with van der Waals surface area (Å²) in [5, 5.41) is 2.92. The van der Waals surface area contributed by atoms with E-state index in [9.17, 15) is 4.79 Å². The van der Waals surface area contributed by atoms with Crippen molar-refractivity contribution in [2.24, 2.45) is 0 Å². The van der Waals surface area contributed by atoms with Gasteiger partial charge < -0.3 is 9.73 Å². The number of nitrogens with zero attached hydrogens (tertiary/aromatic N) is 1. The highest BCUT2D eigenvalue weighted by Gasteiger charge is 2.09. The van der Waals surface area contributed by atoms with Gasteiger partial charge in [-0.05, 0) is 44.0 Å². The normalized spacial score (nSPS) is 10.7. The van der Waals surface area contributed by atoms with Crippen LogP contribution in [0.15, 0.2) is 53.1 Å². The molecular weight excluding hydrogens is 312 g/mol. The molecule has 128 valence electrons. The van der Waals surface area contributed by atoms with Crippen LogP contribution >= 0.6 is 0 Å². The third kappa shape index (κ3) is 4.35. The van der Waals surface area contributed by atoms with Crippen LogP contribution < -0.4 is 5.32 Å². The Balaban J connectivity index is 1.57. The van der Waals surface area contributed by atoms with E-state index in [0.29, 0.717) is 18.7 Å². The Morgan fingerprint density at radius 3 is 2.52 bits per heavy atom. The standard InChI is InChI=1S/C21H22N2O2/c1-14-4-7-17(8-5-14)19-13-22-21(25-19)11-10-20(24)23-18-9-6-15(2)16(3)12-18/h4-9,12-13H,10-11H2,1-3H3,(H,23,24). The zero-order chi connectivity index (χ0) is 17.8. The van der Waals surface area contributed by atoms with Crippen molar-refractivity contribution in [2.75, 3.05) is 5.32 Å².